The molecule has 4 heteroatoms. The van der Waals surface area contributed by atoms with Gasteiger partial charge in [-0.1, -0.05) is 36.4 Å². The van der Waals surface area contributed by atoms with E-state index >= 15 is 0 Å². The van der Waals surface area contributed by atoms with Crippen LogP contribution in [0.15, 0.2) is 66.7 Å². The molecule has 0 aliphatic carbocycles. The van der Waals surface area contributed by atoms with Gasteiger partial charge in [-0.25, -0.2) is 4.85 Å². The minimum absolute atomic E-state index is 0.512. The summed E-state index contributed by atoms with van der Waals surface area (Å²) in [6.07, 6.45) is 0. The average molecular weight is 308 g/mol. The quantitative estimate of drug-likeness (QED) is 0.463. The molecule has 24 heavy (non-hydrogen) atoms. The largest absolute Gasteiger partial charge is 0.352 e. The van der Waals surface area contributed by atoms with Gasteiger partial charge in [0.2, 0.25) is 0 Å². The standard InChI is InChI=1S/C20H12N4/c1-22-15-11-10-14(13-21)20(12-15)24-18-8-4-2-6-16(18)23-17-7-3-5-9-19(17)24/h2-12,23H. The Labute approximate surface area is 140 Å². The first kappa shape index (κ1) is 13.9. The van der Waals surface area contributed by atoms with Crippen molar-refractivity contribution >= 4 is 34.1 Å². The summed E-state index contributed by atoms with van der Waals surface area (Å²) in [5.41, 5.74) is 5.60. The van der Waals surface area contributed by atoms with E-state index in [0.29, 0.717) is 16.9 Å². The molecule has 0 aromatic heterocycles. The number of nitrogens with zero attached hydrogens (tertiary/aromatic N) is 3. The Morgan fingerprint density at radius 2 is 1.50 bits per heavy atom. The fourth-order valence-electron chi connectivity index (χ4n) is 2.95. The Morgan fingerprint density at radius 1 is 0.875 bits per heavy atom. The van der Waals surface area contributed by atoms with Crippen LogP contribution in [0.3, 0.4) is 0 Å². The van der Waals surface area contributed by atoms with Crippen LogP contribution in [0.4, 0.5) is 34.1 Å². The zero-order valence-corrected chi connectivity index (χ0v) is 12.7. The van der Waals surface area contributed by atoms with Gasteiger partial charge in [0, 0.05) is 0 Å². The smallest absolute Gasteiger partial charge is 0.189 e. The van der Waals surface area contributed by atoms with Crippen molar-refractivity contribution < 1.29 is 0 Å². The number of nitrogens with one attached hydrogen (secondary N) is 1. The Balaban J connectivity index is 2.03. The highest BCUT2D eigenvalue weighted by atomic mass is 15.2. The van der Waals surface area contributed by atoms with Crippen molar-refractivity contribution in [3.05, 3.63) is 83.7 Å². The van der Waals surface area contributed by atoms with Crippen LogP contribution in [-0.2, 0) is 0 Å². The van der Waals surface area contributed by atoms with E-state index in [1.807, 2.05) is 53.4 Å². The number of nitriles is 1. The van der Waals surface area contributed by atoms with E-state index in [1.54, 1.807) is 18.2 Å². The van der Waals surface area contributed by atoms with Gasteiger partial charge in [0.25, 0.3) is 0 Å². The molecule has 0 fully saturated rings. The molecule has 1 aliphatic heterocycles. The lowest BCUT2D eigenvalue weighted by Crippen LogP contribution is -2.18. The average Bonchev–Trinajstić information content (AvgIpc) is 2.65. The topological polar surface area (TPSA) is 43.4 Å². The second kappa shape index (κ2) is 5.46. The Bertz CT molecular complexity index is 979. The zero-order valence-electron chi connectivity index (χ0n) is 12.7. The summed E-state index contributed by atoms with van der Waals surface area (Å²) in [6.45, 7) is 7.28. The van der Waals surface area contributed by atoms with Gasteiger partial charge in [0.05, 0.1) is 40.6 Å². The van der Waals surface area contributed by atoms with Crippen LogP contribution in [0.1, 0.15) is 5.56 Å². The van der Waals surface area contributed by atoms with Crippen molar-refractivity contribution in [2.24, 2.45) is 0 Å². The lowest BCUT2D eigenvalue weighted by Gasteiger charge is -2.34. The first-order chi connectivity index (χ1) is 11.8. The monoisotopic (exact) mass is 308 g/mol. The summed E-state index contributed by atoms with van der Waals surface area (Å²) in [7, 11) is 0. The first-order valence-electron chi connectivity index (χ1n) is 7.48. The number of hydrogen-bond donors (Lipinski definition) is 1. The molecule has 4 nitrogen and oxygen atoms in total. The number of rotatable bonds is 1. The van der Waals surface area contributed by atoms with Crippen LogP contribution in [0, 0.1) is 17.9 Å². The number of fused-ring (bicyclic) bond motifs is 2. The van der Waals surface area contributed by atoms with E-state index in [2.05, 4.69) is 16.2 Å². The van der Waals surface area contributed by atoms with Crippen LogP contribution in [-0.4, -0.2) is 0 Å². The molecule has 0 bridgehead atoms. The van der Waals surface area contributed by atoms with Gasteiger partial charge in [-0.05, 0) is 30.3 Å². The summed E-state index contributed by atoms with van der Waals surface area (Å²) in [6, 6.07) is 23.3. The summed E-state index contributed by atoms with van der Waals surface area (Å²) >= 11 is 0. The van der Waals surface area contributed by atoms with Gasteiger partial charge < -0.3 is 10.2 Å². The van der Waals surface area contributed by atoms with E-state index in [0.717, 1.165) is 22.7 Å². The van der Waals surface area contributed by atoms with Crippen LogP contribution in [0.5, 0.6) is 0 Å². The van der Waals surface area contributed by atoms with Gasteiger partial charge >= 0.3 is 0 Å². The highest BCUT2D eigenvalue weighted by Crippen LogP contribution is 2.48. The van der Waals surface area contributed by atoms with Crippen molar-refractivity contribution in [2.45, 2.75) is 0 Å². The van der Waals surface area contributed by atoms with Crippen LogP contribution >= 0.6 is 0 Å². The van der Waals surface area contributed by atoms with E-state index in [4.69, 9.17) is 6.57 Å². The molecule has 1 aliphatic rings. The Hall–Kier alpha value is -3.76. The second-order valence-electron chi connectivity index (χ2n) is 5.42. The van der Waals surface area contributed by atoms with Gasteiger partial charge in [-0.15, -0.1) is 0 Å². The number of benzene rings is 3. The highest BCUT2D eigenvalue weighted by molar-refractivity contribution is 5.98. The molecule has 0 spiro atoms. The predicted octanol–water partition coefficient (Wildman–Crippen LogP) is 5.64. The lowest BCUT2D eigenvalue weighted by molar-refractivity contribution is 1.24. The van der Waals surface area contributed by atoms with Crippen LogP contribution < -0.4 is 10.2 Å². The van der Waals surface area contributed by atoms with Crippen LogP contribution in [0.25, 0.3) is 4.85 Å². The van der Waals surface area contributed by atoms with Gasteiger partial charge in [-0.3, -0.25) is 0 Å². The summed E-state index contributed by atoms with van der Waals surface area (Å²) in [5, 5.41) is 13.0. The molecule has 0 atom stereocenters. The van der Waals surface area contributed by atoms with E-state index < -0.39 is 0 Å². The second-order valence-corrected chi connectivity index (χ2v) is 5.42. The van der Waals surface area contributed by atoms with E-state index in [1.165, 1.54) is 0 Å². The molecule has 4 rings (SSSR count). The Morgan fingerprint density at radius 3 is 2.08 bits per heavy atom. The van der Waals surface area contributed by atoms with Crippen molar-refractivity contribution in [3.63, 3.8) is 0 Å². The maximum absolute atomic E-state index is 9.54. The summed E-state index contributed by atoms with van der Waals surface area (Å²) < 4.78 is 0. The Kier molecular flexibility index (Phi) is 3.16. The molecule has 1 N–H and O–H groups in total. The maximum Gasteiger partial charge on any atom is 0.189 e. The third kappa shape index (κ3) is 2.06. The third-order valence-corrected chi connectivity index (χ3v) is 4.03. The maximum atomic E-state index is 9.54. The highest BCUT2D eigenvalue weighted by Gasteiger charge is 2.25. The first-order valence-corrected chi connectivity index (χ1v) is 7.48. The molecular formula is C20H12N4. The van der Waals surface area contributed by atoms with Crippen molar-refractivity contribution in [3.8, 4) is 6.07 Å². The number of anilines is 5. The molecule has 0 radical (unpaired) electrons. The minimum atomic E-state index is 0.512. The number of hydrogen-bond acceptors (Lipinski definition) is 3. The lowest BCUT2D eigenvalue weighted by atomic mass is 10.1. The molecule has 0 unspecified atom stereocenters. The SMILES string of the molecule is [C-]#[N+]c1ccc(C#N)c(N2c3ccccc3Nc3ccccc32)c1. The van der Waals surface area contributed by atoms with E-state index in [-0.39, 0.29) is 0 Å². The molecule has 0 saturated heterocycles. The van der Waals surface area contributed by atoms with Crippen LogP contribution in [0.2, 0.25) is 0 Å². The summed E-state index contributed by atoms with van der Waals surface area (Å²) in [4.78, 5) is 5.55. The van der Waals surface area contributed by atoms with Gasteiger partial charge in [-0.2, -0.15) is 5.26 Å². The van der Waals surface area contributed by atoms with Crippen molar-refractivity contribution in [1.82, 2.24) is 0 Å². The molecular weight excluding hydrogens is 296 g/mol. The van der Waals surface area contributed by atoms with Crippen molar-refractivity contribution in [1.29, 1.82) is 5.26 Å². The fourth-order valence-corrected chi connectivity index (χ4v) is 2.95. The minimum Gasteiger partial charge on any atom is -0.352 e. The molecule has 0 saturated carbocycles. The van der Waals surface area contributed by atoms with Crippen molar-refractivity contribution in [2.75, 3.05) is 10.2 Å². The predicted molar refractivity (Wildman–Crippen MR) is 95.4 cm³/mol. The summed E-state index contributed by atoms with van der Waals surface area (Å²) in [5.74, 6) is 0. The molecule has 0 amide bonds. The van der Waals surface area contributed by atoms with Gasteiger partial charge in [0.1, 0.15) is 6.07 Å². The normalized spacial score (nSPS) is 11.5. The molecule has 1 heterocycles. The van der Waals surface area contributed by atoms with E-state index in [9.17, 15) is 5.26 Å². The zero-order chi connectivity index (χ0) is 16.5. The molecule has 3 aromatic carbocycles. The number of para-hydroxylation sites is 4. The molecule has 3 aromatic rings. The molecule has 112 valence electrons. The third-order valence-electron chi connectivity index (χ3n) is 4.03. The fraction of sp³-hybridized carbons (Fsp3) is 0. The van der Waals surface area contributed by atoms with Gasteiger partial charge in [0.15, 0.2) is 5.69 Å².